The highest BCUT2D eigenvalue weighted by Crippen LogP contribution is 2.30. The van der Waals surface area contributed by atoms with E-state index in [2.05, 4.69) is 0 Å². The largest absolute Gasteiger partial charge is 0.467 e. The molecule has 0 unspecified atom stereocenters. The van der Waals surface area contributed by atoms with Crippen molar-refractivity contribution in [1.82, 2.24) is 9.47 Å². The molecule has 182 valence electrons. The van der Waals surface area contributed by atoms with Crippen LogP contribution in [0.5, 0.6) is 0 Å². The highest BCUT2D eigenvalue weighted by atomic mass is 16.6. The minimum absolute atomic E-state index is 0.0425. The molecule has 2 aromatic carbocycles. The number of esters is 1. The van der Waals surface area contributed by atoms with Gasteiger partial charge < -0.3 is 18.8 Å². The fraction of sp³-hybridized carbons (Fsp3) is 0.423. The zero-order chi connectivity index (χ0) is 25.3. The minimum Gasteiger partial charge on any atom is -0.467 e. The number of carbonyl (C=O) groups excluding carboxylic acids is 3. The molecule has 8 heteroatoms. The molecule has 1 atom stereocenters. The fourth-order valence-corrected chi connectivity index (χ4v) is 3.72. The van der Waals surface area contributed by atoms with Crippen molar-refractivity contribution >= 4 is 40.0 Å². The number of rotatable bonds is 4. The molecule has 0 spiro atoms. The van der Waals surface area contributed by atoms with Crippen LogP contribution in [0.1, 0.15) is 41.5 Å². The molecule has 0 aliphatic heterocycles. The van der Waals surface area contributed by atoms with E-state index in [1.54, 1.807) is 41.5 Å². The summed E-state index contributed by atoms with van der Waals surface area (Å²) < 4.78 is 17.9. The first-order chi connectivity index (χ1) is 15.8. The Morgan fingerprint density at radius 3 is 1.59 bits per heavy atom. The maximum Gasteiger partial charge on any atom is 0.420 e. The van der Waals surface area contributed by atoms with Crippen LogP contribution in [0, 0.1) is 0 Å². The second-order valence-electron chi connectivity index (χ2n) is 10.0. The van der Waals surface area contributed by atoms with Crippen LogP contribution in [0.25, 0.3) is 21.8 Å². The van der Waals surface area contributed by atoms with Gasteiger partial charge in [0, 0.05) is 21.8 Å². The molecular formula is C26H32N2O6. The Morgan fingerprint density at radius 1 is 0.794 bits per heavy atom. The van der Waals surface area contributed by atoms with E-state index in [0.717, 1.165) is 21.8 Å². The van der Waals surface area contributed by atoms with Crippen LogP contribution >= 0.6 is 0 Å². The summed E-state index contributed by atoms with van der Waals surface area (Å²) in [6.45, 7) is 10.0. The molecule has 0 saturated heterocycles. The summed E-state index contributed by atoms with van der Waals surface area (Å²) in [6.07, 6.45) is -1.98. The van der Waals surface area contributed by atoms with Gasteiger partial charge in [-0.2, -0.15) is 4.90 Å². The van der Waals surface area contributed by atoms with Crippen molar-refractivity contribution < 1.29 is 28.6 Å². The summed E-state index contributed by atoms with van der Waals surface area (Å²) in [6, 6.07) is 14.2. The van der Waals surface area contributed by atoms with Crippen LogP contribution in [0.4, 0.5) is 9.59 Å². The lowest BCUT2D eigenvalue weighted by molar-refractivity contribution is -0.147. The predicted octanol–water partition coefficient (Wildman–Crippen LogP) is 5.51. The molecule has 3 aromatic rings. The minimum atomic E-state index is -1.33. The normalized spacial score (nSPS) is 12.9. The third-order valence-electron chi connectivity index (χ3n) is 5.00. The van der Waals surface area contributed by atoms with Crippen molar-refractivity contribution in [3.63, 3.8) is 0 Å². The summed E-state index contributed by atoms with van der Waals surface area (Å²) in [5, 5.41) is 1.98. The van der Waals surface area contributed by atoms with Gasteiger partial charge in [-0.05, 0) is 53.7 Å². The number of para-hydroxylation sites is 2. The molecule has 1 aromatic heterocycles. The number of aromatic nitrogens is 1. The van der Waals surface area contributed by atoms with Crippen molar-refractivity contribution in [1.29, 1.82) is 0 Å². The van der Waals surface area contributed by atoms with E-state index >= 15 is 0 Å². The number of fused-ring (bicyclic) bond motifs is 3. The molecule has 0 saturated carbocycles. The van der Waals surface area contributed by atoms with E-state index in [1.807, 2.05) is 53.1 Å². The standard InChI is InChI=1S/C26H32N2O6/c1-25(2,3)33-23(30)28(24(31)34-26(4,5)6)21(22(29)32-7)16-27-19-14-10-8-12-17(19)18-13-9-11-15-20(18)27/h8-15,21H,16H2,1-7H3/t21-/m0/s1. The van der Waals surface area contributed by atoms with Crippen LogP contribution in [0.2, 0.25) is 0 Å². The van der Waals surface area contributed by atoms with E-state index in [-0.39, 0.29) is 6.54 Å². The Bertz CT molecular complexity index is 1130. The quantitative estimate of drug-likeness (QED) is 0.371. The van der Waals surface area contributed by atoms with Gasteiger partial charge in [-0.3, -0.25) is 0 Å². The summed E-state index contributed by atoms with van der Waals surface area (Å²) in [4.78, 5) is 40.1. The zero-order valence-corrected chi connectivity index (χ0v) is 20.7. The van der Waals surface area contributed by atoms with E-state index in [0.29, 0.717) is 4.90 Å². The molecule has 1 heterocycles. The summed E-state index contributed by atoms with van der Waals surface area (Å²) in [5.74, 6) is -0.765. The highest BCUT2D eigenvalue weighted by molar-refractivity contribution is 6.08. The molecule has 0 radical (unpaired) electrons. The number of amides is 2. The van der Waals surface area contributed by atoms with Gasteiger partial charge in [0.15, 0.2) is 6.04 Å². The number of benzene rings is 2. The maximum atomic E-state index is 13.2. The Hall–Kier alpha value is -3.55. The van der Waals surface area contributed by atoms with Gasteiger partial charge in [-0.1, -0.05) is 36.4 Å². The number of methoxy groups -OCH3 is 1. The van der Waals surface area contributed by atoms with Crippen molar-refractivity contribution in [3.8, 4) is 0 Å². The molecular weight excluding hydrogens is 436 g/mol. The van der Waals surface area contributed by atoms with E-state index in [9.17, 15) is 14.4 Å². The molecule has 8 nitrogen and oxygen atoms in total. The molecule has 0 fully saturated rings. The highest BCUT2D eigenvalue weighted by Gasteiger charge is 2.41. The third-order valence-corrected chi connectivity index (χ3v) is 5.00. The first-order valence-electron chi connectivity index (χ1n) is 11.1. The fourth-order valence-electron chi connectivity index (χ4n) is 3.72. The van der Waals surface area contributed by atoms with Crippen molar-refractivity contribution in [2.75, 3.05) is 7.11 Å². The van der Waals surface area contributed by atoms with Crippen LogP contribution in [0.15, 0.2) is 48.5 Å². The molecule has 3 rings (SSSR count). The van der Waals surface area contributed by atoms with E-state index in [4.69, 9.17) is 14.2 Å². The second kappa shape index (κ2) is 9.37. The van der Waals surface area contributed by atoms with Gasteiger partial charge in [0.25, 0.3) is 0 Å². The van der Waals surface area contributed by atoms with Gasteiger partial charge >= 0.3 is 18.2 Å². The van der Waals surface area contributed by atoms with Gasteiger partial charge in [-0.15, -0.1) is 0 Å². The SMILES string of the molecule is COC(=O)[C@H](Cn1c2ccccc2c2ccccc21)N(C(=O)OC(C)(C)C)C(=O)OC(C)(C)C. The predicted molar refractivity (Wildman–Crippen MR) is 130 cm³/mol. The number of imide groups is 1. The Kier molecular flexibility index (Phi) is 6.91. The molecule has 0 aliphatic rings. The van der Waals surface area contributed by atoms with Crippen LogP contribution in [0.3, 0.4) is 0 Å². The van der Waals surface area contributed by atoms with Gasteiger partial charge in [0.2, 0.25) is 0 Å². The summed E-state index contributed by atoms with van der Waals surface area (Å²) >= 11 is 0. The third kappa shape index (κ3) is 5.50. The van der Waals surface area contributed by atoms with E-state index < -0.39 is 35.4 Å². The monoisotopic (exact) mass is 468 g/mol. The summed E-state index contributed by atoms with van der Waals surface area (Å²) in [7, 11) is 1.21. The Labute approximate surface area is 199 Å². The first kappa shape index (κ1) is 25.1. The Balaban J connectivity index is 2.15. The Morgan fingerprint density at radius 2 is 1.21 bits per heavy atom. The van der Waals surface area contributed by atoms with Crippen molar-refractivity contribution in [2.45, 2.75) is 65.3 Å². The average molecular weight is 469 g/mol. The van der Waals surface area contributed by atoms with Crippen molar-refractivity contribution in [2.24, 2.45) is 0 Å². The molecule has 34 heavy (non-hydrogen) atoms. The zero-order valence-electron chi connectivity index (χ0n) is 20.7. The number of nitrogens with zero attached hydrogens (tertiary/aromatic N) is 2. The van der Waals surface area contributed by atoms with Gasteiger partial charge in [0.1, 0.15) is 11.2 Å². The van der Waals surface area contributed by atoms with Gasteiger partial charge in [-0.25, -0.2) is 14.4 Å². The van der Waals surface area contributed by atoms with Gasteiger partial charge in [0.05, 0.1) is 13.7 Å². The van der Waals surface area contributed by atoms with Crippen LogP contribution < -0.4 is 0 Å². The lowest BCUT2D eigenvalue weighted by Gasteiger charge is -2.32. The lowest BCUT2D eigenvalue weighted by Crippen LogP contribution is -2.53. The average Bonchev–Trinajstić information content (AvgIpc) is 3.04. The molecule has 0 aliphatic carbocycles. The summed E-state index contributed by atoms with van der Waals surface area (Å²) in [5.41, 5.74) is -0.0905. The van der Waals surface area contributed by atoms with Crippen molar-refractivity contribution in [3.05, 3.63) is 48.5 Å². The maximum absolute atomic E-state index is 13.2. The molecule has 0 bridgehead atoms. The number of hydrogen-bond donors (Lipinski definition) is 0. The number of carbonyl (C=O) groups is 3. The molecule has 2 amide bonds. The smallest absolute Gasteiger partial charge is 0.420 e. The molecule has 0 N–H and O–H groups in total. The number of ether oxygens (including phenoxy) is 3. The first-order valence-corrected chi connectivity index (χ1v) is 11.1. The van der Waals surface area contributed by atoms with E-state index in [1.165, 1.54) is 7.11 Å². The van der Waals surface area contributed by atoms with Crippen LogP contribution in [-0.2, 0) is 25.5 Å². The van der Waals surface area contributed by atoms with Crippen LogP contribution in [-0.4, -0.2) is 52.0 Å². The second-order valence-corrected chi connectivity index (χ2v) is 10.0. The number of hydrogen-bond acceptors (Lipinski definition) is 6. The topological polar surface area (TPSA) is 87.1 Å². The lowest BCUT2D eigenvalue weighted by atomic mass is 10.2.